The van der Waals surface area contributed by atoms with Crippen molar-refractivity contribution in [2.45, 2.75) is 13.8 Å². The van der Waals surface area contributed by atoms with Gasteiger partial charge in [-0.25, -0.2) is 0 Å². The number of carbonyl (C=O) groups is 1. The van der Waals surface area contributed by atoms with E-state index < -0.39 is 0 Å². The van der Waals surface area contributed by atoms with Crippen LogP contribution in [0.3, 0.4) is 0 Å². The van der Waals surface area contributed by atoms with Crippen LogP contribution in [-0.4, -0.2) is 38.6 Å². The van der Waals surface area contributed by atoms with Gasteiger partial charge in [-0.05, 0) is 43.2 Å². The lowest BCUT2D eigenvalue weighted by Crippen LogP contribution is -3.15. The molecule has 0 radical (unpaired) electrons. The predicted molar refractivity (Wildman–Crippen MR) is 98.8 cm³/mol. The summed E-state index contributed by atoms with van der Waals surface area (Å²) in [6.45, 7) is 8.64. The molecule has 1 heterocycles. The zero-order valence-electron chi connectivity index (χ0n) is 14.5. The Balaban J connectivity index is 1.51. The van der Waals surface area contributed by atoms with Crippen LogP contribution in [0.15, 0.2) is 48.5 Å². The normalized spacial score (nSPS) is 15.3. The zero-order valence-corrected chi connectivity index (χ0v) is 14.5. The van der Waals surface area contributed by atoms with Gasteiger partial charge in [0.05, 0.1) is 26.2 Å². The molecule has 2 N–H and O–H groups in total. The highest BCUT2D eigenvalue weighted by Crippen LogP contribution is 2.17. The lowest BCUT2D eigenvalue weighted by Gasteiger charge is -2.33. The summed E-state index contributed by atoms with van der Waals surface area (Å²) in [7, 11) is 0. The summed E-state index contributed by atoms with van der Waals surface area (Å²) in [5.41, 5.74) is 4.56. The van der Waals surface area contributed by atoms with Gasteiger partial charge in [0, 0.05) is 11.4 Å². The van der Waals surface area contributed by atoms with Crippen LogP contribution >= 0.6 is 0 Å². The molecule has 0 aliphatic carbocycles. The molecule has 1 aliphatic heterocycles. The number of hydrogen-bond acceptors (Lipinski definition) is 2. The highest BCUT2D eigenvalue weighted by Gasteiger charge is 2.22. The van der Waals surface area contributed by atoms with Crippen molar-refractivity contribution < 1.29 is 9.69 Å². The lowest BCUT2D eigenvalue weighted by molar-refractivity contribution is -0.892. The third-order valence-corrected chi connectivity index (χ3v) is 4.88. The Hall–Kier alpha value is -2.33. The van der Waals surface area contributed by atoms with Crippen LogP contribution in [-0.2, 0) is 4.79 Å². The number of para-hydroxylation sites is 1. The smallest absolute Gasteiger partial charge is 0.279 e. The van der Waals surface area contributed by atoms with E-state index in [0.717, 1.165) is 37.4 Å². The zero-order chi connectivity index (χ0) is 16.9. The quantitative estimate of drug-likeness (QED) is 0.897. The Morgan fingerprint density at radius 3 is 2.46 bits per heavy atom. The van der Waals surface area contributed by atoms with Gasteiger partial charge in [-0.2, -0.15) is 0 Å². The Labute approximate surface area is 144 Å². The molecule has 0 atom stereocenters. The van der Waals surface area contributed by atoms with Crippen molar-refractivity contribution in [3.8, 4) is 0 Å². The van der Waals surface area contributed by atoms with Crippen LogP contribution in [0.5, 0.6) is 0 Å². The molecule has 2 aromatic rings. The van der Waals surface area contributed by atoms with Crippen molar-refractivity contribution in [1.82, 2.24) is 0 Å². The number of hydrogen-bond donors (Lipinski definition) is 2. The molecule has 3 rings (SSSR count). The summed E-state index contributed by atoms with van der Waals surface area (Å²) in [4.78, 5) is 16.1. The van der Waals surface area contributed by atoms with Crippen LogP contribution in [0.4, 0.5) is 11.4 Å². The van der Waals surface area contributed by atoms with E-state index in [-0.39, 0.29) is 5.91 Å². The standard InChI is InChI=1S/C20H25N3O/c1-16-7-6-10-19(17(16)2)21-20(24)15-22-11-13-23(14-12-22)18-8-4-3-5-9-18/h3-10H,11-15H2,1-2H3,(H,21,24)/p+1. The van der Waals surface area contributed by atoms with Crippen molar-refractivity contribution in [1.29, 1.82) is 0 Å². The molecule has 1 saturated heterocycles. The fourth-order valence-electron chi connectivity index (χ4n) is 3.20. The maximum Gasteiger partial charge on any atom is 0.279 e. The highest BCUT2D eigenvalue weighted by atomic mass is 16.2. The molecule has 4 heteroatoms. The van der Waals surface area contributed by atoms with E-state index in [0.29, 0.717) is 6.54 Å². The van der Waals surface area contributed by atoms with Gasteiger partial charge in [0.2, 0.25) is 0 Å². The first-order valence-corrected chi connectivity index (χ1v) is 8.63. The summed E-state index contributed by atoms with van der Waals surface area (Å²) < 4.78 is 0. The van der Waals surface area contributed by atoms with Gasteiger partial charge in [0.15, 0.2) is 6.54 Å². The topological polar surface area (TPSA) is 36.8 Å². The largest absolute Gasteiger partial charge is 0.360 e. The van der Waals surface area contributed by atoms with Gasteiger partial charge in [-0.3, -0.25) is 4.79 Å². The molecule has 1 fully saturated rings. The minimum Gasteiger partial charge on any atom is -0.360 e. The molecule has 4 nitrogen and oxygen atoms in total. The summed E-state index contributed by atoms with van der Waals surface area (Å²) in [6.07, 6.45) is 0. The van der Waals surface area contributed by atoms with Crippen LogP contribution in [0.25, 0.3) is 0 Å². The number of nitrogens with zero attached hydrogens (tertiary/aromatic N) is 1. The van der Waals surface area contributed by atoms with Crippen molar-refractivity contribution in [3.05, 3.63) is 59.7 Å². The third kappa shape index (κ3) is 3.95. The minimum absolute atomic E-state index is 0.104. The first-order valence-electron chi connectivity index (χ1n) is 8.63. The number of benzene rings is 2. The van der Waals surface area contributed by atoms with E-state index in [4.69, 9.17) is 0 Å². The van der Waals surface area contributed by atoms with Crippen molar-refractivity contribution in [3.63, 3.8) is 0 Å². The SMILES string of the molecule is Cc1cccc(NC(=O)C[NH+]2CCN(c3ccccc3)CC2)c1C. The summed E-state index contributed by atoms with van der Waals surface area (Å²) in [5, 5.41) is 3.07. The number of quaternary nitrogens is 1. The Morgan fingerprint density at radius 2 is 1.75 bits per heavy atom. The number of anilines is 2. The van der Waals surface area contributed by atoms with Crippen LogP contribution in [0.2, 0.25) is 0 Å². The summed E-state index contributed by atoms with van der Waals surface area (Å²) in [6, 6.07) is 16.5. The molecule has 0 aromatic heterocycles. The number of carbonyl (C=O) groups excluding carboxylic acids is 1. The Kier molecular flexibility index (Phi) is 5.16. The van der Waals surface area contributed by atoms with Gasteiger partial charge >= 0.3 is 0 Å². The molecule has 0 unspecified atom stereocenters. The van der Waals surface area contributed by atoms with Gasteiger partial charge in [-0.15, -0.1) is 0 Å². The van der Waals surface area contributed by atoms with Gasteiger partial charge in [0.25, 0.3) is 5.91 Å². The van der Waals surface area contributed by atoms with E-state index in [1.807, 2.05) is 18.2 Å². The molecular weight excluding hydrogens is 298 g/mol. The lowest BCUT2D eigenvalue weighted by atomic mass is 10.1. The summed E-state index contributed by atoms with van der Waals surface area (Å²) >= 11 is 0. The molecular formula is C20H26N3O+. The first kappa shape index (κ1) is 16.5. The van der Waals surface area contributed by atoms with Gasteiger partial charge < -0.3 is 15.1 Å². The molecule has 0 bridgehead atoms. The fourth-order valence-corrected chi connectivity index (χ4v) is 3.20. The molecule has 24 heavy (non-hydrogen) atoms. The minimum atomic E-state index is 0.104. The number of rotatable bonds is 4. The van der Waals surface area contributed by atoms with E-state index in [9.17, 15) is 4.79 Å². The number of nitrogens with one attached hydrogen (secondary N) is 2. The number of aryl methyl sites for hydroxylation is 1. The molecule has 2 aromatic carbocycles. The molecule has 0 saturated carbocycles. The molecule has 1 aliphatic rings. The molecule has 0 spiro atoms. The average molecular weight is 324 g/mol. The average Bonchev–Trinajstić information content (AvgIpc) is 2.60. The van der Waals surface area contributed by atoms with E-state index >= 15 is 0 Å². The maximum absolute atomic E-state index is 12.4. The number of amides is 1. The first-order chi connectivity index (χ1) is 11.6. The predicted octanol–water partition coefficient (Wildman–Crippen LogP) is 1.65. The van der Waals surface area contributed by atoms with Crippen LogP contribution < -0.4 is 15.1 Å². The maximum atomic E-state index is 12.4. The highest BCUT2D eigenvalue weighted by molar-refractivity contribution is 5.92. The van der Waals surface area contributed by atoms with Gasteiger partial charge in [-0.1, -0.05) is 30.3 Å². The monoisotopic (exact) mass is 324 g/mol. The van der Waals surface area contributed by atoms with E-state index in [1.165, 1.54) is 16.2 Å². The van der Waals surface area contributed by atoms with Crippen LogP contribution in [0, 0.1) is 13.8 Å². The van der Waals surface area contributed by atoms with Crippen LogP contribution in [0.1, 0.15) is 11.1 Å². The third-order valence-electron chi connectivity index (χ3n) is 4.88. The van der Waals surface area contributed by atoms with Crippen molar-refractivity contribution in [2.75, 3.05) is 42.9 Å². The van der Waals surface area contributed by atoms with Gasteiger partial charge in [0.1, 0.15) is 0 Å². The second-order valence-electron chi connectivity index (χ2n) is 6.55. The number of piperazine rings is 1. The van der Waals surface area contributed by atoms with E-state index in [2.05, 4.69) is 54.4 Å². The van der Waals surface area contributed by atoms with Crippen molar-refractivity contribution >= 4 is 17.3 Å². The second kappa shape index (κ2) is 7.49. The Bertz CT molecular complexity index is 691. The Morgan fingerprint density at radius 1 is 1.04 bits per heavy atom. The molecule has 1 amide bonds. The second-order valence-corrected chi connectivity index (χ2v) is 6.55. The fraction of sp³-hybridized carbons (Fsp3) is 0.350. The van der Waals surface area contributed by atoms with E-state index in [1.54, 1.807) is 0 Å². The molecule has 126 valence electrons. The summed E-state index contributed by atoms with van der Waals surface area (Å²) in [5.74, 6) is 0.104. The van der Waals surface area contributed by atoms with Crippen molar-refractivity contribution in [2.24, 2.45) is 0 Å².